The number of nitrogens with one attached hydrogen (secondary N) is 1. The van der Waals surface area contributed by atoms with Gasteiger partial charge in [0.15, 0.2) is 0 Å². The number of phenols is 1. The second-order valence-electron chi connectivity index (χ2n) is 4.78. The molecule has 0 saturated heterocycles. The SMILES string of the molecule is CCN1c2ccc(O)cc2NC(=O)C12CCC2. The highest BCUT2D eigenvalue weighted by atomic mass is 16.3. The van der Waals surface area contributed by atoms with Gasteiger partial charge in [-0.05, 0) is 38.3 Å². The molecule has 90 valence electrons. The highest BCUT2D eigenvalue weighted by Gasteiger charge is 2.51. The van der Waals surface area contributed by atoms with E-state index in [9.17, 15) is 9.90 Å². The van der Waals surface area contributed by atoms with Gasteiger partial charge in [0, 0.05) is 12.6 Å². The van der Waals surface area contributed by atoms with Gasteiger partial charge in [-0.1, -0.05) is 0 Å². The molecule has 0 aromatic heterocycles. The monoisotopic (exact) mass is 232 g/mol. The van der Waals surface area contributed by atoms with Crippen LogP contribution in [0.5, 0.6) is 5.75 Å². The Kier molecular flexibility index (Phi) is 2.08. The Hall–Kier alpha value is -1.71. The van der Waals surface area contributed by atoms with Crippen LogP contribution in [-0.4, -0.2) is 23.1 Å². The maximum absolute atomic E-state index is 12.2. The van der Waals surface area contributed by atoms with Crippen molar-refractivity contribution in [2.24, 2.45) is 0 Å². The standard InChI is InChI=1S/C13H16N2O2/c1-2-15-11-5-4-9(16)8-10(11)14-12(17)13(15)6-3-7-13/h4-5,8,16H,2-3,6-7H2,1H3,(H,14,17). The van der Waals surface area contributed by atoms with Crippen LogP contribution in [0, 0.1) is 0 Å². The van der Waals surface area contributed by atoms with Crippen molar-refractivity contribution >= 4 is 17.3 Å². The summed E-state index contributed by atoms with van der Waals surface area (Å²) in [4.78, 5) is 14.4. The Bertz CT molecular complexity index is 480. The maximum atomic E-state index is 12.2. The summed E-state index contributed by atoms with van der Waals surface area (Å²) in [7, 11) is 0. The van der Waals surface area contributed by atoms with Crippen LogP contribution in [0.4, 0.5) is 11.4 Å². The first kappa shape index (κ1) is 10.4. The van der Waals surface area contributed by atoms with Gasteiger partial charge >= 0.3 is 0 Å². The summed E-state index contributed by atoms with van der Waals surface area (Å²) in [6.07, 6.45) is 2.96. The molecule has 0 atom stereocenters. The number of nitrogens with zero attached hydrogens (tertiary/aromatic N) is 1. The lowest BCUT2D eigenvalue weighted by Crippen LogP contribution is -2.63. The molecule has 1 spiro atoms. The number of carbonyl (C=O) groups excluding carboxylic acids is 1. The van der Waals surface area contributed by atoms with Crippen LogP contribution >= 0.6 is 0 Å². The molecule has 1 aromatic rings. The molecule has 2 N–H and O–H groups in total. The number of amides is 1. The number of phenolic OH excluding ortho intramolecular Hbond substituents is 1. The highest BCUT2D eigenvalue weighted by Crippen LogP contribution is 2.47. The number of hydrogen-bond acceptors (Lipinski definition) is 3. The molecule has 1 heterocycles. The zero-order valence-electron chi connectivity index (χ0n) is 9.86. The molecule has 3 rings (SSSR count). The lowest BCUT2D eigenvalue weighted by molar-refractivity contribution is -0.124. The number of likely N-dealkylation sites (N-methyl/N-ethyl adjacent to an activating group) is 1. The summed E-state index contributed by atoms with van der Waals surface area (Å²) in [6.45, 7) is 2.88. The van der Waals surface area contributed by atoms with Gasteiger partial charge in [0.1, 0.15) is 11.3 Å². The normalized spacial score (nSPS) is 20.8. The Morgan fingerprint density at radius 1 is 1.47 bits per heavy atom. The van der Waals surface area contributed by atoms with E-state index in [-0.39, 0.29) is 17.2 Å². The van der Waals surface area contributed by atoms with Gasteiger partial charge in [-0.25, -0.2) is 0 Å². The third kappa shape index (κ3) is 1.27. The number of anilines is 2. The van der Waals surface area contributed by atoms with Crippen molar-refractivity contribution < 1.29 is 9.90 Å². The van der Waals surface area contributed by atoms with Crippen LogP contribution in [0.25, 0.3) is 0 Å². The Labute approximate surface area is 100 Å². The zero-order valence-corrected chi connectivity index (χ0v) is 9.86. The summed E-state index contributed by atoms with van der Waals surface area (Å²) in [5.74, 6) is 0.258. The second kappa shape index (κ2) is 3.39. The minimum Gasteiger partial charge on any atom is -0.508 e. The number of aromatic hydroxyl groups is 1. The molecule has 0 unspecified atom stereocenters. The molecule has 4 heteroatoms. The minimum atomic E-state index is -0.335. The molecule has 0 radical (unpaired) electrons. The molecule has 1 aliphatic carbocycles. The van der Waals surface area contributed by atoms with E-state index in [0.29, 0.717) is 0 Å². The summed E-state index contributed by atoms with van der Waals surface area (Å²) in [5.41, 5.74) is 1.40. The van der Waals surface area contributed by atoms with Crippen molar-refractivity contribution in [1.29, 1.82) is 0 Å². The van der Waals surface area contributed by atoms with Crippen LogP contribution in [0.2, 0.25) is 0 Å². The quantitative estimate of drug-likeness (QED) is 0.779. The van der Waals surface area contributed by atoms with Gasteiger partial charge in [0.25, 0.3) is 0 Å². The van der Waals surface area contributed by atoms with E-state index in [1.165, 1.54) is 0 Å². The lowest BCUT2D eigenvalue weighted by atomic mass is 9.73. The van der Waals surface area contributed by atoms with Gasteiger partial charge in [-0.15, -0.1) is 0 Å². The maximum Gasteiger partial charge on any atom is 0.250 e. The van der Waals surface area contributed by atoms with E-state index in [1.807, 2.05) is 6.07 Å². The molecule has 1 aromatic carbocycles. The first-order chi connectivity index (χ1) is 8.17. The lowest BCUT2D eigenvalue weighted by Gasteiger charge is -2.52. The largest absolute Gasteiger partial charge is 0.508 e. The number of carbonyl (C=O) groups is 1. The first-order valence-corrected chi connectivity index (χ1v) is 6.09. The molecule has 1 saturated carbocycles. The number of benzene rings is 1. The predicted octanol–water partition coefficient (Wildman–Crippen LogP) is 2.09. The van der Waals surface area contributed by atoms with Crippen LogP contribution in [0.1, 0.15) is 26.2 Å². The summed E-state index contributed by atoms with van der Waals surface area (Å²) < 4.78 is 0. The van der Waals surface area contributed by atoms with Gasteiger partial charge < -0.3 is 15.3 Å². The average Bonchev–Trinajstić information content (AvgIpc) is 2.24. The Balaban J connectivity index is 2.11. The number of rotatable bonds is 1. The smallest absolute Gasteiger partial charge is 0.250 e. The molecular formula is C13H16N2O2. The van der Waals surface area contributed by atoms with Crippen molar-refractivity contribution in [3.8, 4) is 5.75 Å². The van der Waals surface area contributed by atoms with Crippen molar-refractivity contribution in [1.82, 2.24) is 0 Å². The van der Waals surface area contributed by atoms with Crippen LogP contribution < -0.4 is 10.2 Å². The Morgan fingerprint density at radius 3 is 2.82 bits per heavy atom. The number of hydrogen-bond donors (Lipinski definition) is 2. The van der Waals surface area contributed by atoms with Crippen LogP contribution in [0.15, 0.2) is 18.2 Å². The number of fused-ring (bicyclic) bond motifs is 1. The van der Waals surface area contributed by atoms with Gasteiger partial charge in [0.05, 0.1) is 11.4 Å². The van der Waals surface area contributed by atoms with Crippen molar-refractivity contribution in [3.63, 3.8) is 0 Å². The predicted molar refractivity (Wildman–Crippen MR) is 66.3 cm³/mol. The highest BCUT2D eigenvalue weighted by molar-refractivity contribution is 6.07. The van der Waals surface area contributed by atoms with E-state index in [0.717, 1.165) is 37.2 Å². The summed E-state index contributed by atoms with van der Waals surface area (Å²) in [5, 5.41) is 12.4. The van der Waals surface area contributed by atoms with Crippen molar-refractivity contribution in [2.75, 3.05) is 16.8 Å². The van der Waals surface area contributed by atoms with Crippen molar-refractivity contribution in [3.05, 3.63) is 18.2 Å². The Morgan fingerprint density at radius 2 is 2.24 bits per heavy atom. The fourth-order valence-corrected chi connectivity index (χ4v) is 2.93. The van der Waals surface area contributed by atoms with E-state index in [4.69, 9.17) is 0 Å². The van der Waals surface area contributed by atoms with Gasteiger partial charge in [-0.2, -0.15) is 0 Å². The molecule has 1 fully saturated rings. The van der Waals surface area contributed by atoms with Crippen molar-refractivity contribution in [2.45, 2.75) is 31.7 Å². The molecule has 1 aliphatic heterocycles. The topological polar surface area (TPSA) is 52.6 Å². The van der Waals surface area contributed by atoms with Gasteiger partial charge in [0.2, 0.25) is 5.91 Å². The third-order valence-electron chi connectivity index (χ3n) is 3.96. The van der Waals surface area contributed by atoms with E-state index in [2.05, 4.69) is 17.1 Å². The molecule has 4 nitrogen and oxygen atoms in total. The van der Waals surface area contributed by atoms with E-state index in [1.54, 1.807) is 12.1 Å². The van der Waals surface area contributed by atoms with Crippen LogP contribution in [0.3, 0.4) is 0 Å². The first-order valence-electron chi connectivity index (χ1n) is 6.09. The summed E-state index contributed by atoms with van der Waals surface area (Å²) >= 11 is 0. The van der Waals surface area contributed by atoms with E-state index < -0.39 is 0 Å². The third-order valence-corrected chi connectivity index (χ3v) is 3.96. The van der Waals surface area contributed by atoms with Gasteiger partial charge in [-0.3, -0.25) is 4.79 Å². The minimum absolute atomic E-state index is 0.0729. The molecule has 17 heavy (non-hydrogen) atoms. The molecular weight excluding hydrogens is 216 g/mol. The fraction of sp³-hybridized carbons (Fsp3) is 0.462. The zero-order chi connectivity index (χ0) is 12.0. The second-order valence-corrected chi connectivity index (χ2v) is 4.78. The summed E-state index contributed by atoms with van der Waals surface area (Å²) in [6, 6.07) is 5.17. The fourth-order valence-electron chi connectivity index (χ4n) is 2.93. The average molecular weight is 232 g/mol. The van der Waals surface area contributed by atoms with E-state index >= 15 is 0 Å². The molecule has 1 amide bonds. The molecule has 0 bridgehead atoms. The molecule has 2 aliphatic rings. The van der Waals surface area contributed by atoms with Crippen LogP contribution in [-0.2, 0) is 4.79 Å².